The standard InChI is InChI=1S/C27H34N2O5/c1-3-16-29(17-26(31)32)25(30)13-12-19(2)14-15-28-27(33)34-18-24-22-10-6-4-8-20(22)21-9-5-7-11-23(21)24/h4-11,19,24H,3,12-18H2,1-2H3,(H,28,33)(H,31,32). The van der Waals surface area contributed by atoms with Crippen LogP contribution in [-0.4, -0.2) is 54.2 Å². The molecule has 7 nitrogen and oxygen atoms in total. The number of aliphatic carboxylic acids is 1. The molecule has 0 heterocycles. The van der Waals surface area contributed by atoms with Crippen molar-refractivity contribution < 1.29 is 24.2 Å². The molecule has 3 rings (SSSR count). The van der Waals surface area contributed by atoms with E-state index in [2.05, 4.69) is 29.6 Å². The zero-order valence-corrected chi connectivity index (χ0v) is 20.0. The van der Waals surface area contributed by atoms with E-state index in [1.54, 1.807) is 0 Å². The monoisotopic (exact) mass is 466 g/mol. The van der Waals surface area contributed by atoms with Crippen LogP contribution in [0.2, 0.25) is 0 Å². The molecule has 1 aliphatic rings. The van der Waals surface area contributed by atoms with Crippen LogP contribution in [-0.2, 0) is 14.3 Å². The molecule has 2 N–H and O–H groups in total. The second-order valence-corrected chi connectivity index (χ2v) is 8.89. The summed E-state index contributed by atoms with van der Waals surface area (Å²) < 4.78 is 5.55. The lowest BCUT2D eigenvalue weighted by molar-refractivity contribution is -0.144. The Morgan fingerprint density at radius 1 is 1.03 bits per heavy atom. The van der Waals surface area contributed by atoms with Gasteiger partial charge in [-0.3, -0.25) is 9.59 Å². The van der Waals surface area contributed by atoms with Gasteiger partial charge in [0.05, 0.1) is 0 Å². The highest BCUT2D eigenvalue weighted by atomic mass is 16.5. The maximum atomic E-state index is 12.3. The number of carbonyl (C=O) groups excluding carboxylic acids is 2. The highest BCUT2D eigenvalue weighted by molar-refractivity contribution is 5.81. The molecule has 0 saturated carbocycles. The van der Waals surface area contributed by atoms with Gasteiger partial charge < -0.3 is 20.1 Å². The van der Waals surface area contributed by atoms with Gasteiger partial charge in [-0.25, -0.2) is 4.79 Å². The van der Waals surface area contributed by atoms with Gasteiger partial charge in [0.1, 0.15) is 13.2 Å². The summed E-state index contributed by atoms with van der Waals surface area (Å²) in [6, 6.07) is 16.4. The maximum Gasteiger partial charge on any atom is 0.407 e. The summed E-state index contributed by atoms with van der Waals surface area (Å²) in [6.07, 6.45) is 1.94. The molecule has 182 valence electrons. The molecule has 34 heavy (non-hydrogen) atoms. The van der Waals surface area contributed by atoms with Crippen molar-refractivity contribution in [1.82, 2.24) is 10.2 Å². The molecular weight excluding hydrogens is 432 g/mol. The number of rotatable bonds is 12. The van der Waals surface area contributed by atoms with Crippen LogP contribution < -0.4 is 5.32 Å². The van der Waals surface area contributed by atoms with Crippen molar-refractivity contribution in [1.29, 1.82) is 0 Å². The first kappa shape index (κ1) is 25.3. The molecule has 2 aromatic carbocycles. The van der Waals surface area contributed by atoms with E-state index in [-0.39, 0.29) is 30.9 Å². The number of amides is 2. The van der Waals surface area contributed by atoms with Gasteiger partial charge in [0.2, 0.25) is 5.91 Å². The predicted octanol–water partition coefficient (Wildman–Crippen LogP) is 4.65. The molecule has 1 aliphatic carbocycles. The Morgan fingerprint density at radius 3 is 2.24 bits per heavy atom. The predicted molar refractivity (Wildman–Crippen MR) is 131 cm³/mol. The molecule has 0 fully saturated rings. The van der Waals surface area contributed by atoms with E-state index in [0.717, 1.165) is 6.42 Å². The number of benzene rings is 2. The Morgan fingerprint density at radius 2 is 1.65 bits per heavy atom. The van der Waals surface area contributed by atoms with Crippen molar-refractivity contribution in [3.63, 3.8) is 0 Å². The number of nitrogens with one attached hydrogen (secondary N) is 1. The number of nitrogens with zero attached hydrogens (tertiary/aromatic N) is 1. The Labute approximate surface area is 201 Å². The van der Waals surface area contributed by atoms with Crippen LogP contribution in [0.25, 0.3) is 11.1 Å². The van der Waals surface area contributed by atoms with E-state index in [1.165, 1.54) is 27.2 Å². The summed E-state index contributed by atoms with van der Waals surface area (Å²) in [5.74, 6) is -0.895. The van der Waals surface area contributed by atoms with Crippen molar-refractivity contribution in [2.45, 2.75) is 45.4 Å². The topological polar surface area (TPSA) is 95.9 Å². The average molecular weight is 467 g/mol. The molecule has 1 atom stereocenters. The Balaban J connectivity index is 1.40. The fourth-order valence-electron chi connectivity index (χ4n) is 4.47. The largest absolute Gasteiger partial charge is 0.480 e. The van der Waals surface area contributed by atoms with Crippen molar-refractivity contribution >= 4 is 18.0 Å². The average Bonchev–Trinajstić information content (AvgIpc) is 3.14. The van der Waals surface area contributed by atoms with Crippen LogP contribution >= 0.6 is 0 Å². The molecule has 0 aromatic heterocycles. The van der Waals surface area contributed by atoms with Gasteiger partial charge in [-0.1, -0.05) is 62.4 Å². The van der Waals surface area contributed by atoms with Gasteiger partial charge in [0, 0.05) is 25.4 Å². The fourth-order valence-corrected chi connectivity index (χ4v) is 4.47. The van der Waals surface area contributed by atoms with Gasteiger partial charge in [-0.05, 0) is 47.4 Å². The first-order valence-electron chi connectivity index (χ1n) is 12.0. The van der Waals surface area contributed by atoms with Gasteiger partial charge in [-0.15, -0.1) is 0 Å². The van der Waals surface area contributed by atoms with Crippen molar-refractivity contribution in [3.05, 3.63) is 59.7 Å². The first-order chi connectivity index (χ1) is 16.4. The summed E-state index contributed by atoms with van der Waals surface area (Å²) in [6.45, 7) is 4.86. The number of alkyl carbamates (subject to hydrolysis) is 1. The molecule has 0 aliphatic heterocycles. The lowest BCUT2D eigenvalue weighted by atomic mass is 9.98. The van der Waals surface area contributed by atoms with E-state index in [1.807, 2.05) is 38.1 Å². The zero-order chi connectivity index (χ0) is 24.5. The minimum atomic E-state index is -0.998. The summed E-state index contributed by atoms with van der Waals surface area (Å²) in [5, 5.41) is 11.8. The molecule has 0 saturated heterocycles. The first-order valence-corrected chi connectivity index (χ1v) is 12.0. The van der Waals surface area contributed by atoms with Gasteiger partial charge in [-0.2, -0.15) is 0 Å². The molecule has 0 spiro atoms. The van der Waals surface area contributed by atoms with Crippen molar-refractivity contribution in [2.24, 2.45) is 5.92 Å². The molecule has 0 radical (unpaired) electrons. The number of carboxylic acids is 1. The van der Waals surface area contributed by atoms with Crippen LogP contribution in [0, 0.1) is 5.92 Å². The minimum absolute atomic E-state index is 0.0277. The van der Waals surface area contributed by atoms with Gasteiger partial charge >= 0.3 is 12.1 Å². The highest BCUT2D eigenvalue weighted by Gasteiger charge is 2.29. The summed E-state index contributed by atoms with van der Waals surface area (Å²) in [4.78, 5) is 36.9. The van der Waals surface area contributed by atoms with Gasteiger partial charge in [0.25, 0.3) is 0 Å². The lowest BCUT2D eigenvalue weighted by Crippen LogP contribution is -2.36. The van der Waals surface area contributed by atoms with E-state index in [0.29, 0.717) is 32.4 Å². The third kappa shape index (κ3) is 6.59. The number of carbonyl (C=O) groups is 3. The normalized spacial score (nSPS) is 13.0. The number of hydrogen-bond donors (Lipinski definition) is 2. The summed E-state index contributed by atoms with van der Waals surface area (Å²) >= 11 is 0. The van der Waals surface area contributed by atoms with Crippen molar-refractivity contribution in [2.75, 3.05) is 26.2 Å². The molecule has 1 unspecified atom stereocenters. The third-order valence-electron chi connectivity index (χ3n) is 6.27. The van der Waals surface area contributed by atoms with E-state index >= 15 is 0 Å². The van der Waals surface area contributed by atoms with Crippen LogP contribution in [0.3, 0.4) is 0 Å². The number of carboxylic acid groups (broad SMARTS) is 1. The lowest BCUT2D eigenvalue weighted by Gasteiger charge is -2.21. The molecule has 7 heteroatoms. The molecule has 0 bridgehead atoms. The second kappa shape index (κ2) is 12.2. The Hall–Kier alpha value is -3.35. The quantitative estimate of drug-likeness (QED) is 0.475. The Kier molecular flexibility index (Phi) is 9.08. The van der Waals surface area contributed by atoms with Gasteiger partial charge in [0.15, 0.2) is 0 Å². The fraction of sp³-hybridized carbons (Fsp3) is 0.444. The second-order valence-electron chi connectivity index (χ2n) is 8.89. The molecular formula is C27H34N2O5. The smallest absolute Gasteiger partial charge is 0.407 e. The third-order valence-corrected chi connectivity index (χ3v) is 6.27. The minimum Gasteiger partial charge on any atom is -0.480 e. The maximum absolute atomic E-state index is 12.3. The number of fused-ring (bicyclic) bond motifs is 3. The SMILES string of the molecule is CCCN(CC(=O)O)C(=O)CCC(C)CCNC(=O)OCC1c2ccccc2-c2ccccc21. The zero-order valence-electron chi connectivity index (χ0n) is 20.0. The van der Waals surface area contributed by atoms with Crippen LogP contribution in [0.1, 0.15) is 56.6 Å². The number of hydrogen-bond acceptors (Lipinski definition) is 4. The number of ether oxygens (including phenoxy) is 1. The van der Waals surface area contributed by atoms with E-state index < -0.39 is 12.1 Å². The van der Waals surface area contributed by atoms with E-state index in [4.69, 9.17) is 9.84 Å². The molecule has 2 aromatic rings. The van der Waals surface area contributed by atoms with Crippen molar-refractivity contribution in [3.8, 4) is 11.1 Å². The van der Waals surface area contributed by atoms with E-state index in [9.17, 15) is 14.4 Å². The van der Waals surface area contributed by atoms with Crippen LogP contribution in [0.15, 0.2) is 48.5 Å². The summed E-state index contributed by atoms with van der Waals surface area (Å²) in [5.41, 5.74) is 4.73. The summed E-state index contributed by atoms with van der Waals surface area (Å²) in [7, 11) is 0. The van der Waals surface area contributed by atoms with Crippen LogP contribution in [0.5, 0.6) is 0 Å². The molecule has 2 amide bonds. The van der Waals surface area contributed by atoms with Crippen LogP contribution in [0.4, 0.5) is 4.79 Å². The Bertz CT molecular complexity index is 961. The highest BCUT2D eigenvalue weighted by Crippen LogP contribution is 2.44.